The maximum atomic E-state index is 5.83. The van der Waals surface area contributed by atoms with Gasteiger partial charge in [0.2, 0.25) is 0 Å². The molecule has 1 rings (SSSR count). The summed E-state index contributed by atoms with van der Waals surface area (Å²) >= 11 is 5.83. The van der Waals surface area contributed by atoms with Crippen LogP contribution in [0.15, 0.2) is 24.3 Å². The van der Waals surface area contributed by atoms with Crippen molar-refractivity contribution in [3.05, 3.63) is 34.9 Å². The minimum absolute atomic E-state index is 0.814. The van der Waals surface area contributed by atoms with Crippen LogP contribution in [0.25, 0.3) is 0 Å². The molecule has 0 unspecified atom stereocenters. The van der Waals surface area contributed by atoms with Gasteiger partial charge in [-0.2, -0.15) is 0 Å². The van der Waals surface area contributed by atoms with Gasteiger partial charge in [-0.15, -0.1) is 0 Å². The van der Waals surface area contributed by atoms with E-state index in [1.54, 1.807) is 0 Å². The Labute approximate surface area is 104 Å². The Morgan fingerprint density at radius 2 is 1.81 bits per heavy atom. The maximum absolute atomic E-state index is 5.83. The monoisotopic (exact) mass is 239 g/mol. The maximum Gasteiger partial charge on any atom is 0.0406 e. The van der Waals surface area contributed by atoms with Gasteiger partial charge in [-0.1, -0.05) is 37.6 Å². The van der Waals surface area contributed by atoms with Gasteiger partial charge in [-0.25, -0.2) is 0 Å². The Bertz CT molecular complexity index is 279. The molecule has 0 aliphatic carbocycles. The van der Waals surface area contributed by atoms with Crippen molar-refractivity contribution in [3.8, 4) is 0 Å². The van der Waals surface area contributed by atoms with Crippen molar-refractivity contribution in [2.24, 2.45) is 5.92 Å². The summed E-state index contributed by atoms with van der Waals surface area (Å²) in [5.41, 5.74) is 1.35. The van der Waals surface area contributed by atoms with Crippen molar-refractivity contribution >= 4 is 11.6 Å². The number of hydrogen-bond donors (Lipinski definition) is 1. The van der Waals surface area contributed by atoms with Crippen LogP contribution in [0.5, 0.6) is 0 Å². The normalized spacial score (nSPS) is 11.0. The third-order valence-electron chi connectivity index (χ3n) is 2.64. The van der Waals surface area contributed by atoms with Crippen LogP contribution in [0, 0.1) is 5.92 Å². The van der Waals surface area contributed by atoms with E-state index in [0.717, 1.165) is 30.5 Å². The summed E-state index contributed by atoms with van der Waals surface area (Å²) in [6.45, 7) is 6.73. The summed E-state index contributed by atoms with van der Waals surface area (Å²) in [4.78, 5) is 0. The molecule has 0 radical (unpaired) electrons. The second kappa shape index (κ2) is 7.70. The standard InChI is InChI=1S/C14H22ClN/c1-12(2)4-3-10-16-11-9-13-5-7-14(15)8-6-13/h5-8,12,16H,3-4,9-11H2,1-2H3. The largest absolute Gasteiger partial charge is 0.316 e. The quantitative estimate of drug-likeness (QED) is 0.712. The van der Waals surface area contributed by atoms with Gasteiger partial charge in [-0.3, -0.25) is 0 Å². The van der Waals surface area contributed by atoms with Crippen LogP contribution in [-0.4, -0.2) is 13.1 Å². The summed E-state index contributed by atoms with van der Waals surface area (Å²) in [5.74, 6) is 0.818. The fourth-order valence-corrected chi connectivity index (χ4v) is 1.77. The van der Waals surface area contributed by atoms with Crippen LogP contribution in [0.1, 0.15) is 32.3 Å². The van der Waals surface area contributed by atoms with Crippen LogP contribution in [-0.2, 0) is 6.42 Å². The predicted molar refractivity (Wildman–Crippen MR) is 72.1 cm³/mol. The summed E-state index contributed by atoms with van der Waals surface area (Å²) in [6, 6.07) is 8.10. The Morgan fingerprint density at radius 1 is 1.12 bits per heavy atom. The Morgan fingerprint density at radius 3 is 2.44 bits per heavy atom. The fourth-order valence-electron chi connectivity index (χ4n) is 1.64. The molecule has 0 heterocycles. The molecule has 0 aromatic heterocycles. The van der Waals surface area contributed by atoms with Gasteiger partial charge in [0, 0.05) is 5.02 Å². The molecular formula is C14H22ClN. The molecule has 1 aromatic carbocycles. The molecule has 1 aromatic rings. The van der Waals surface area contributed by atoms with E-state index in [1.165, 1.54) is 18.4 Å². The molecule has 0 bridgehead atoms. The van der Waals surface area contributed by atoms with E-state index in [0.29, 0.717) is 0 Å². The highest BCUT2D eigenvalue weighted by atomic mass is 35.5. The first-order valence-corrected chi connectivity index (χ1v) is 6.51. The van der Waals surface area contributed by atoms with Gasteiger partial charge >= 0.3 is 0 Å². The smallest absolute Gasteiger partial charge is 0.0406 e. The van der Waals surface area contributed by atoms with E-state index in [2.05, 4.69) is 31.3 Å². The number of benzene rings is 1. The van der Waals surface area contributed by atoms with E-state index in [1.807, 2.05) is 12.1 Å². The van der Waals surface area contributed by atoms with E-state index in [-0.39, 0.29) is 0 Å². The van der Waals surface area contributed by atoms with Gasteiger partial charge in [0.05, 0.1) is 0 Å². The average molecular weight is 240 g/mol. The number of nitrogens with one attached hydrogen (secondary N) is 1. The lowest BCUT2D eigenvalue weighted by molar-refractivity contribution is 0.528. The summed E-state index contributed by atoms with van der Waals surface area (Å²) in [6.07, 6.45) is 3.67. The SMILES string of the molecule is CC(C)CCCNCCc1ccc(Cl)cc1. The van der Waals surface area contributed by atoms with Crippen molar-refractivity contribution in [2.45, 2.75) is 33.1 Å². The summed E-state index contributed by atoms with van der Waals surface area (Å²) in [5, 5.41) is 4.28. The van der Waals surface area contributed by atoms with Gasteiger partial charge in [0.1, 0.15) is 0 Å². The van der Waals surface area contributed by atoms with Crippen LogP contribution in [0.2, 0.25) is 5.02 Å². The third kappa shape index (κ3) is 6.14. The van der Waals surface area contributed by atoms with Crippen molar-refractivity contribution in [1.82, 2.24) is 5.32 Å². The average Bonchev–Trinajstić information content (AvgIpc) is 2.25. The number of rotatable bonds is 7. The van der Waals surface area contributed by atoms with Crippen molar-refractivity contribution in [1.29, 1.82) is 0 Å². The highest BCUT2D eigenvalue weighted by Gasteiger charge is 1.95. The summed E-state index contributed by atoms with van der Waals surface area (Å²) < 4.78 is 0. The van der Waals surface area contributed by atoms with E-state index >= 15 is 0 Å². The lowest BCUT2D eigenvalue weighted by atomic mass is 10.1. The van der Waals surface area contributed by atoms with Crippen molar-refractivity contribution in [3.63, 3.8) is 0 Å². The predicted octanol–water partition coefficient (Wildman–Crippen LogP) is 3.91. The molecule has 0 atom stereocenters. The molecule has 0 aliphatic rings. The molecule has 0 spiro atoms. The van der Waals surface area contributed by atoms with Crippen LogP contribution in [0.4, 0.5) is 0 Å². The Kier molecular flexibility index (Phi) is 6.51. The van der Waals surface area contributed by atoms with Crippen molar-refractivity contribution in [2.75, 3.05) is 13.1 Å². The lowest BCUT2D eigenvalue weighted by Gasteiger charge is -2.06. The first-order valence-electron chi connectivity index (χ1n) is 6.13. The molecule has 1 N–H and O–H groups in total. The Balaban J connectivity index is 2.05. The highest BCUT2D eigenvalue weighted by Crippen LogP contribution is 2.09. The topological polar surface area (TPSA) is 12.0 Å². The first kappa shape index (κ1) is 13.5. The van der Waals surface area contributed by atoms with Crippen LogP contribution < -0.4 is 5.32 Å². The molecule has 1 nitrogen and oxygen atoms in total. The van der Waals surface area contributed by atoms with E-state index < -0.39 is 0 Å². The van der Waals surface area contributed by atoms with E-state index in [9.17, 15) is 0 Å². The lowest BCUT2D eigenvalue weighted by Crippen LogP contribution is -2.18. The molecule has 0 saturated carbocycles. The number of hydrogen-bond acceptors (Lipinski definition) is 1. The van der Waals surface area contributed by atoms with E-state index in [4.69, 9.17) is 11.6 Å². The molecule has 0 aliphatic heterocycles. The first-order chi connectivity index (χ1) is 7.68. The summed E-state index contributed by atoms with van der Waals surface area (Å²) in [7, 11) is 0. The van der Waals surface area contributed by atoms with Crippen molar-refractivity contribution < 1.29 is 0 Å². The molecule has 2 heteroatoms. The minimum Gasteiger partial charge on any atom is -0.316 e. The van der Waals surface area contributed by atoms with Crippen LogP contribution in [0.3, 0.4) is 0 Å². The fraction of sp³-hybridized carbons (Fsp3) is 0.571. The molecule has 0 amide bonds. The molecule has 0 fully saturated rings. The molecular weight excluding hydrogens is 218 g/mol. The zero-order valence-electron chi connectivity index (χ0n) is 10.3. The Hall–Kier alpha value is -0.530. The molecule has 90 valence electrons. The molecule has 0 saturated heterocycles. The zero-order valence-corrected chi connectivity index (χ0v) is 11.1. The minimum atomic E-state index is 0.814. The van der Waals surface area contributed by atoms with Crippen LogP contribution >= 0.6 is 11.6 Å². The number of halogens is 1. The van der Waals surface area contributed by atoms with Gasteiger partial charge in [0.15, 0.2) is 0 Å². The highest BCUT2D eigenvalue weighted by molar-refractivity contribution is 6.30. The third-order valence-corrected chi connectivity index (χ3v) is 2.89. The van der Waals surface area contributed by atoms with Gasteiger partial charge in [-0.05, 0) is 56.0 Å². The second-order valence-corrected chi connectivity index (χ2v) is 5.10. The van der Waals surface area contributed by atoms with Gasteiger partial charge in [0.25, 0.3) is 0 Å². The van der Waals surface area contributed by atoms with Gasteiger partial charge < -0.3 is 5.32 Å². The second-order valence-electron chi connectivity index (χ2n) is 4.66. The molecule has 16 heavy (non-hydrogen) atoms. The zero-order chi connectivity index (χ0) is 11.8.